The molecule has 1 saturated heterocycles. The van der Waals surface area contributed by atoms with Crippen LogP contribution in [0.1, 0.15) is 24.9 Å². The van der Waals surface area contributed by atoms with Crippen LogP contribution in [0.2, 0.25) is 0 Å². The Morgan fingerprint density at radius 2 is 2.05 bits per heavy atom. The Labute approximate surface area is 244 Å². The van der Waals surface area contributed by atoms with Crippen LogP contribution >= 0.6 is 11.3 Å². The number of aromatic nitrogens is 1. The van der Waals surface area contributed by atoms with Crippen molar-refractivity contribution in [1.29, 1.82) is 0 Å². The number of hydrogen-bond acceptors (Lipinski definition) is 9. The molecule has 0 saturated carbocycles. The van der Waals surface area contributed by atoms with Gasteiger partial charge in [0, 0.05) is 55.5 Å². The summed E-state index contributed by atoms with van der Waals surface area (Å²) in [4.78, 5) is 26.2. The monoisotopic (exact) mass is 609 g/mol. The number of anilines is 1. The number of rotatable bonds is 9. The lowest BCUT2D eigenvalue weighted by Gasteiger charge is -2.47. The number of carbonyl (C=O) groups is 1. The second-order valence-corrected chi connectivity index (χ2v) is 10.5. The number of carboxylic acids is 1. The van der Waals surface area contributed by atoms with Crippen molar-refractivity contribution < 1.29 is 36.9 Å². The lowest BCUT2D eigenvalue weighted by molar-refractivity contribution is -0.138. The summed E-state index contributed by atoms with van der Waals surface area (Å²) in [7, 11) is 2.87. The first kappa shape index (κ1) is 31.0. The summed E-state index contributed by atoms with van der Waals surface area (Å²) in [6.45, 7) is 6.23. The molecule has 1 N–H and O–H groups in total. The van der Waals surface area contributed by atoms with Gasteiger partial charge in [0.2, 0.25) is 11.1 Å². The standard InChI is InChI=1S/C28H31F4N5O4S/c1-5-6-18(28(30,31)32)9-20(15-40-3)37-23(11-24(38)39)22-16-42-26(29)25(22)34-27(37)35-7-8-36(17(2)14-35)19-10-21(41-4)13-33-12-19/h5-6,9-10,12-13,16-17,23H,1,7-8,11,14-15H2,2-4H3,(H,38,39)/b18-6+,20-9+/t17-,23+/m1/s1. The minimum Gasteiger partial charge on any atom is -0.495 e. The van der Waals surface area contributed by atoms with Crippen molar-refractivity contribution in [3.8, 4) is 5.75 Å². The van der Waals surface area contributed by atoms with Crippen LogP contribution < -0.4 is 9.64 Å². The van der Waals surface area contributed by atoms with Gasteiger partial charge in [-0.3, -0.25) is 9.78 Å². The second-order valence-electron chi connectivity index (χ2n) is 9.70. The van der Waals surface area contributed by atoms with E-state index in [0.717, 1.165) is 35.3 Å². The molecule has 42 heavy (non-hydrogen) atoms. The van der Waals surface area contributed by atoms with Gasteiger partial charge in [-0.25, -0.2) is 4.99 Å². The van der Waals surface area contributed by atoms with Crippen LogP contribution in [0.25, 0.3) is 0 Å². The highest BCUT2D eigenvalue weighted by molar-refractivity contribution is 7.08. The van der Waals surface area contributed by atoms with Crippen molar-refractivity contribution in [3.63, 3.8) is 0 Å². The van der Waals surface area contributed by atoms with Gasteiger partial charge in [0.1, 0.15) is 11.4 Å². The van der Waals surface area contributed by atoms with Crippen LogP contribution in [0.3, 0.4) is 0 Å². The molecule has 4 rings (SSSR count). The van der Waals surface area contributed by atoms with E-state index in [-0.39, 0.29) is 35.6 Å². The van der Waals surface area contributed by atoms with Gasteiger partial charge in [-0.1, -0.05) is 18.7 Å². The smallest absolute Gasteiger partial charge is 0.416 e. The number of carboxylic acid groups (broad SMARTS) is 1. The first-order chi connectivity index (χ1) is 20.0. The third-order valence-corrected chi connectivity index (χ3v) is 7.71. The second kappa shape index (κ2) is 12.9. The van der Waals surface area contributed by atoms with Gasteiger partial charge in [0.25, 0.3) is 0 Å². The van der Waals surface area contributed by atoms with E-state index in [2.05, 4.69) is 21.5 Å². The Hall–Kier alpha value is -3.91. The van der Waals surface area contributed by atoms with E-state index in [9.17, 15) is 27.5 Å². The minimum absolute atomic E-state index is 0.0114. The normalized spacial score (nSPS) is 19.9. The predicted octanol–water partition coefficient (Wildman–Crippen LogP) is 5.53. The molecule has 0 radical (unpaired) electrons. The fraction of sp³-hybridized carbons (Fsp3) is 0.393. The zero-order valence-electron chi connectivity index (χ0n) is 23.3. The number of fused-ring (bicyclic) bond motifs is 1. The predicted molar refractivity (Wildman–Crippen MR) is 152 cm³/mol. The molecular weight excluding hydrogens is 578 g/mol. The van der Waals surface area contributed by atoms with E-state index in [1.807, 2.05) is 17.9 Å². The third-order valence-electron chi connectivity index (χ3n) is 6.94. The number of pyridine rings is 1. The number of hydrogen-bond donors (Lipinski definition) is 1. The molecule has 0 amide bonds. The Balaban J connectivity index is 1.81. The Morgan fingerprint density at radius 1 is 1.29 bits per heavy atom. The minimum atomic E-state index is -4.73. The van der Waals surface area contributed by atoms with Crippen LogP contribution in [0, 0.1) is 5.13 Å². The molecule has 1 fully saturated rings. The maximum absolute atomic E-state index is 14.9. The van der Waals surface area contributed by atoms with E-state index in [1.54, 1.807) is 19.5 Å². The van der Waals surface area contributed by atoms with Crippen molar-refractivity contribution >= 4 is 34.6 Å². The van der Waals surface area contributed by atoms with Gasteiger partial charge < -0.3 is 29.3 Å². The van der Waals surface area contributed by atoms with Crippen molar-refractivity contribution in [2.24, 2.45) is 4.99 Å². The lowest BCUT2D eigenvalue weighted by Crippen LogP contribution is -2.58. The summed E-state index contributed by atoms with van der Waals surface area (Å²) >= 11 is 0.761. The Morgan fingerprint density at radius 3 is 2.67 bits per heavy atom. The summed E-state index contributed by atoms with van der Waals surface area (Å²) in [5, 5.41) is 10.7. The highest BCUT2D eigenvalue weighted by Gasteiger charge is 2.41. The molecule has 0 spiro atoms. The van der Waals surface area contributed by atoms with Gasteiger partial charge >= 0.3 is 12.1 Å². The summed E-state index contributed by atoms with van der Waals surface area (Å²) in [5.74, 6) is -0.476. The zero-order valence-corrected chi connectivity index (χ0v) is 24.1. The molecule has 0 aliphatic carbocycles. The summed E-state index contributed by atoms with van der Waals surface area (Å²) in [6, 6.07) is 0.676. The molecule has 2 aromatic rings. The average Bonchev–Trinajstić information content (AvgIpc) is 3.31. The van der Waals surface area contributed by atoms with Crippen molar-refractivity contribution in [3.05, 3.63) is 70.6 Å². The highest BCUT2D eigenvalue weighted by Crippen LogP contribution is 2.45. The number of aliphatic imine (C=N–C) groups is 1. The number of thiophene rings is 1. The van der Waals surface area contributed by atoms with Gasteiger partial charge in [0.15, 0.2) is 0 Å². The molecule has 2 aliphatic heterocycles. The summed E-state index contributed by atoms with van der Waals surface area (Å²) in [5.41, 5.74) is 0.0875. The Bertz CT molecular complexity index is 1410. The van der Waals surface area contributed by atoms with Crippen molar-refractivity contribution in [2.75, 3.05) is 45.4 Å². The lowest BCUT2D eigenvalue weighted by atomic mass is 10.00. The first-order valence-electron chi connectivity index (χ1n) is 12.9. The van der Waals surface area contributed by atoms with E-state index >= 15 is 0 Å². The fourth-order valence-electron chi connectivity index (χ4n) is 5.09. The number of methoxy groups -OCH3 is 2. The van der Waals surface area contributed by atoms with Crippen LogP contribution in [0.5, 0.6) is 5.75 Å². The molecular formula is C28H31F4N5O4S. The molecule has 9 nitrogen and oxygen atoms in total. The fourth-order valence-corrected chi connectivity index (χ4v) is 5.87. The summed E-state index contributed by atoms with van der Waals surface area (Å²) < 4.78 is 67.4. The average molecular weight is 610 g/mol. The van der Waals surface area contributed by atoms with Crippen molar-refractivity contribution in [1.82, 2.24) is 14.8 Å². The van der Waals surface area contributed by atoms with Gasteiger partial charge in [-0.2, -0.15) is 17.6 Å². The highest BCUT2D eigenvalue weighted by atomic mass is 32.1. The number of guanidine groups is 1. The van der Waals surface area contributed by atoms with Crippen LogP contribution in [0.15, 0.2) is 64.9 Å². The van der Waals surface area contributed by atoms with Gasteiger partial charge in [-0.15, -0.1) is 11.3 Å². The van der Waals surface area contributed by atoms with E-state index in [4.69, 9.17) is 9.47 Å². The third kappa shape index (κ3) is 6.59. The van der Waals surface area contributed by atoms with E-state index < -0.39 is 35.3 Å². The molecule has 226 valence electrons. The number of ether oxygens (including phenoxy) is 2. The number of nitrogens with zero attached hydrogens (tertiary/aromatic N) is 5. The maximum atomic E-state index is 14.9. The maximum Gasteiger partial charge on any atom is 0.416 e. The molecule has 4 heterocycles. The number of halogens is 4. The van der Waals surface area contributed by atoms with E-state index in [0.29, 0.717) is 25.4 Å². The molecule has 2 atom stereocenters. The molecule has 2 aliphatic rings. The SMILES string of the molecule is C=C/C=C(\C=C(/COC)N1C(N2CCN(c3cncc(OC)c3)[C@H](C)C2)=Nc2c(csc2F)[C@@H]1CC(=O)O)C(F)(F)F. The molecule has 0 aromatic carbocycles. The molecule has 0 bridgehead atoms. The Kier molecular flexibility index (Phi) is 9.57. The van der Waals surface area contributed by atoms with Crippen LogP contribution in [0.4, 0.5) is 28.9 Å². The molecule has 14 heteroatoms. The first-order valence-corrected chi connectivity index (χ1v) is 13.8. The van der Waals surface area contributed by atoms with Gasteiger partial charge in [-0.05, 0) is 13.0 Å². The number of alkyl halides is 3. The number of aliphatic carboxylic acids is 1. The number of piperazine rings is 1. The van der Waals surface area contributed by atoms with E-state index in [1.165, 1.54) is 17.4 Å². The van der Waals surface area contributed by atoms with Crippen molar-refractivity contribution in [2.45, 2.75) is 31.6 Å². The molecule has 2 aromatic heterocycles. The molecule has 0 unspecified atom stereocenters. The quantitative estimate of drug-likeness (QED) is 0.294. The largest absolute Gasteiger partial charge is 0.495 e. The topological polar surface area (TPSA) is 90.7 Å². The summed E-state index contributed by atoms with van der Waals surface area (Å²) in [6.07, 6.45) is 0.790. The number of allylic oxidation sites excluding steroid dienone is 4. The zero-order chi connectivity index (χ0) is 30.6. The van der Waals surface area contributed by atoms with Crippen LogP contribution in [-0.2, 0) is 9.53 Å². The van der Waals surface area contributed by atoms with Gasteiger partial charge in [0.05, 0.1) is 49.8 Å². The van der Waals surface area contributed by atoms with Crippen LogP contribution in [-0.4, -0.2) is 84.5 Å².